The van der Waals surface area contributed by atoms with E-state index in [1.165, 1.54) is 17.5 Å². The summed E-state index contributed by atoms with van der Waals surface area (Å²) in [6.07, 6.45) is 7.37. The number of anilines is 1. The predicted octanol–water partition coefficient (Wildman–Crippen LogP) is 7.03. The van der Waals surface area contributed by atoms with Crippen molar-refractivity contribution < 1.29 is 13.2 Å². The molecule has 3 saturated carbocycles. The minimum absolute atomic E-state index is 0.156. The third-order valence-corrected chi connectivity index (χ3v) is 11.6. The Balaban J connectivity index is 0.897. The molecule has 0 spiro atoms. The lowest BCUT2D eigenvalue weighted by Gasteiger charge is -2.71. The van der Waals surface area contributed by atoms with Crippen LogP contribution in [0.2, 0.25) is 0 Å². The molecule has 12 heteroatoms. The van der Waals surface area contributed by atoms with Gasteiger partial charge in [0.15, 0.2) is 0 Å². The van der Waals surface area contributed by atoms with Gasteiger partial charge < -0.3 is 20.5 Å². The van der Waals surface area contributed by atoms with Gasteiger partial charge in [0, 0.05) is 65.4 Å². The van der Waals surface area contributed by atoms with E-state index in [1.807, 2.05) is 12.3 Å². The maximum absolute atomic E-state index is 13.0. The summed E-state index contributed by atoms with van der Waals surface area (Å²) in [6, 6.07) is 10.7. The average Bonchev–Trinajstić information content (AvgIpc) is 3.59. The van der Waals surface area contributed by atoms with Crippen molar-refractivity contribution in [2.75, 3.05) is 18.4 Å². The number of piperidine rings is 1. The van der Waals surface area contributed by atoms with Gasteiger partial charge in [0.1, 0.15) is 28.7 Å². The molecule has 5 heterocycles. The number of rotatable bonds is 9. The first-order valence-corrected chi connectivity index (χ1v) is 17.2. The summed E-state index contributed by atoms with van der Waals surface area (Å²) in [7, 11) is 0. The molecule has 2 bridgehead atoms. The molecule has 0 unspecified atom stereocenters. The number of nitrogens with one attached hydrogen (secondary N) is 3. The van der Waals surface area contributed by atoms with Crippen LogP contribution in [0.4, 0.5) is 19.0 Å². The molecule has 0 radical (unpaired) electrons. The molecule has 4 aromatic rings. The van der Waals surface area contributed by atoms with Crippen LogP contribution in [0.1, 0.15) is 53.8 Å². The van der Waals surface area contributed by atoms with Crippen LogP contribution in [0.25, 0.3) is 21.1 Å². The van der Waals surface area contributed by atoms with Crippen molar-refractivity contribution in [2.24, 2.45) is 5.41 Å². The standard InChI is InChI=1S/C36H37F3N8S/c1-22-3-5-26(15-41-22)45-35-17-34(18-35,19-35)20-47-27(14-40)11-29-23(2)24(4-6-31(29)47)16-46-9-7-25(8-10-46)44-32-30-12-28(13-36(37,38)39)48-33(30)43-21-42-32/h3-6,11-12,15,21,25,41,45H,1,7-10,13,16-20H2,2H3,(H,42,43,44). The van der Waals surface area contributed by atoms with E-state index < -0.39 is 12.6 Å². The number of dihydropyridines is 1. The summed E-state index contributed by atoms with van der Waals surface area (Å²) >= 11 is 1.07. The van der Waals surface area contributed by atoms with Gasteiger partial charge in [-0.1, -0.05) is 12.6 Å². The largest absolute Gasteiger partial charge is 0.393 e. The summed E-state index contributed by atoms with van der Waals surface area (Å²) in [5.41, 5.74) is 6.71. The molecule has 5 aliphatic rings. The number of allylic oxidation sites excluding steroid dienone is 2. The summed E-state index contributed by atoms with van der Waals surface area (Å²) in [4.78, 5) is 11.8. The fourth-order valence-corrected chi connectivity index (χ4v) is 9.43. The number of likely N-dealkylation sites (tertiary alicyclic amines) is 1. The van der Waals surface area contributed by atoms with E-state index in [0.717, 1.165) is 97.6 Å². The van der Waals surface area contributed by atoms with Gasteiger partial charge in [0.2, 0.25) is 0 Å². The second-order valence-corrected chi connectivity index (χ2v) is 15.3. The Morgan fingerprint density at radius 3 is 2.62 bits per heavy atom. The fourth-order valence-electron chi connectivity index (χ4n) is 8.41. The lowest BCUT2D eigenvalue weighted by Crippen LogP contribution is -2.74. The van der Waals surface area contributed by atoms with Crippen molar-refractivity contribution in [3.8, 4) is 6.07 Å². The molecule has 2 aliphatic heterocycles. The van der Waals surface area contributed by atoms with Crippen molar-refractivity contribution in [2.45, 2.75) is 76.3 Å². The zero-order valence-corrected chi connectivity index (χ0v) is 27.6. The lowest BCUT2D eigenvalue weighted by atomic mass is 9.39. The van der Waals surface area contributed by atoms with E-state index in [0.29, 0.717) is 16.0 Å². The van der Waals surface area contributed by atoms with Crippen molar-refractivity contribution in [3.63, 3.8) is 0 Å². The maximum atomic E-state index is 13.0. The predicted molar refractivity (Wildman–Crippen MR) is 182 cm³/mol. The Kier molecular flexibility index (Phi) is 7.34. The number of nitriles is 1. The highest BCUT2D eigenvalue weighted by Crippen LogP contribution is 2.68. The number of fused-ring (bicyclic) bond motifs is 2. The van der Waals surface area contributed by atoms with Gasteiger partial charge in [-0.25, -0.2) is 9.97 Å². The molecule has 0 amide bonds. The zero-order chi connectivity index (χ0) is 33.3. The van der Waals surface area contributed by atoms with E-state index in [1.54, 1.807) is 6.07 Å². The molecule has 8 nitrogen and oxygen atoms in total. The monoisotopic (exact) mass is 670 g/mol. The van der Waals surface area contributed by atoms with E-state index in [2.05, 4.69) is 79.2 Å². The van der Waals surface area contributed by atoms with Crippen molar-refractivity contribution in [1.82, 2.24) is 30.1 Å². The summed E-state index contributed by atoms with van der Waals surface area (Å²) < 4.78 is 41.1. The SMILES string of the molecule is C=C1C=CC(NC23CC(Cn4c(C#N)cc5c(C)c(CN6CCC(Nc7ncnc8sc(CC(F)(F)F)cc78)CC6)ccc54)(C2)C3)=CN1. The third-order valence-electron chi connectivity index (χ3n) is 10.6. The number of hydrogen-bond donors (Lipinski definition) is 3. The summed E-state index contributed by atoms with van der Waals surface area (Å²) in [6.45, 7) is 9.57. The van der Waals surface area contributed by atoms with Crippen LogP contribution >= 0.6 is 11.3 Å². The fraction of sp³-hybridized carbons (Fsp3) is 0.417. The Morgan fingerprint density at radius 2 is 1.92 bits per heavy atom. The smallest absolute Gasteiger partial charge is 0.378 e. The second kappa shape index (κ2) is 11.4. The molecule has 3 aliphatic carbocycles. The van der Waals surface area contributed by atoms with Crippen molar-refractivity contribution in [3.05, 3.63) is 88.6 Å². The van der Waals surface area contributed by atoms with Crippen LogP contribution in [-0.4, -0.2) is 50.3 Å². The Morgan fingerprint density at radius 1 is 1.12 bits per heavy atom. The molecule has 1 saturated heterocycles. The van der Waals surface area contributed by atoms with E-state index in [9.17, 15) is 18.4 Å². The third kappa shape index (κ3) is 5.73. The molecule has 0 atom stereocenters. The molecule has 248 valence electrons. The zero-order valence-electron chi connectivity index (χ0n) is 26.8. The molecule has 3 aromatic heterocycles. The van der Waals surface area contributed by atoms with Crippen molar-refractivity contribution in [1.29, 1.82) is 5.26 Å². The molecule has 9 rings (SSSR count). The van der Waals surface area contributed by atoms with Crippen LogP contribution in [0.5, 0.6) is 0 Å². The Bertz CT molecular complexity index is 2020. The summed E-state index contributed by atoms with van der Waals surface area (Å²) in [5.74, 6) is 0.607. The number of hydrogen-bond acceptors (Lipinski definition) is 8. The topological polar surface area (TPSA) is 93.8 Å². The number of aromatic nitrogens is 3. The average molecular weight is 671 g/mol. The Hall–Kier alpha value is -4.34. The van der Waals surface area contributed by atoms with Gasteiger partial charge in [0.05, 0.1) is 17.5 Å². The van der Waals surface area contributed by atoms with Gasteiger partial charge in [-0.15, -0.1) is 11.3 Å². The maximum Gasteiger partial charge on any atom is 0.393 e. The number of nitrogens with zero attached hydrogens (tertiary/aromatic N) is 5. The number of benzene rings is 1. The van der Waals surface area contributed by atoms with Gasteiger partial charge in [-0.3, -0.25) is 4.90 Å². The van der Waals surface area contributed by atoms with Crippen LogP contribution < -0.4 is 16.0 Å². The molecule has 48 heavy (non-hydrogen) atoms. The number of aryl methyl sites for hydroxylation is 1. The quantitative estimate of drug-likeness (QED) is 0.176. The second-order valence-electron chi connectivity index (χ2n) is 14.2. The van der Waals surface area contributed by atoms with Gasteiger partial charge in [-0.2, -0.15) is 18.4 Å². The van der Waals surface area contributed by atoms with E-state index in [4.69, 9.17) is 0 Å². The normalized spacial score (nSPS) is 24.1. The van der Waals surface area contributed by atoms with Crippen LogP contribution in [0, 0.1) is 23.7 Å². The highest BCUT2D eigenvalue weighted by Gasteiger charge is 2.68. The van der Waals surface area contributed by atoms with Crippen LogP contribution in [-0.2, 0) is 19.5 Å². The first kappa shape index (κ1) is 31.0. The van der Waals surface area contributed by atoms with Crippen LogP contribution in [0.15, 0.2) is 66.9 Å². The molecular weight excluding hydrogens is 634 g/mol. The van der Waals surface area contributed by atoms with Crippen molar-refractivity contribution >= 4 is 38.3 Å². The van der Waals surface area contributed by atoms with Gasteiger partial charge in [0.25, 0.3) is 0 Å². The number of alkyl halides is 3. The minimum atomic E-state index is -4.25. The van der Waals surface area contributed by atoms with Gasteiger partial charge in [-0.05, 0) is 85.9 Å². The molecule has 4 fully saturated rings. The highest BCUT2D eigenvalue weighted by atomic mass is 32.1. The summed E-state index contributed by atoms with van der Waals surface area (Å²) in [5, 5.41) is 22.3. The van der Waals surface area contributed by atoms with E-state index in [-0.39, 0.29) is 21.9 Å². The highest BCUT2D eigenvalue weighted by molar-refractivity contribution is 7.18. The van der Waals surface area contributed by atoms with E-state index >= 15 is 0 Å². The lowest BCUT2D eigenvalue weighted by molar-refractivity contribution is -0.158. The number of halogens is 3. The number of thiophene rings is 1. The molecule has 1 aromatic carbocycles. The minimum Gasteiger partial charge on any atom is -0.378 e. The molecular formula is C36H37F3N8S. The first-order chi connectivity index (χ1) is 23.0. The Labute approximate surface area is 281 Å². The first-order valence-electron chi connectivity index (χ1n) is 16.4. The van der Waals surface area contributed by atoms with Gasteiger partial charge >= 0.3 is 6.18 Å². The molecule has 3 N–H and O–H groups in total. The van der Waals surface area contributed by atoms with Crippen LogP contribution in [0.3, 0.4) is 0 Å².